The molecule has 1 aliphatic heterocycles. The summed E-state index contributed by atoms with van der Waals surface area (Å²) in [7, 11) is 0. The number of carbonyl (C=O) groups is 1. The summed E-state index contributed by atoms with van der Waals surface area (Å²) < 4.78 is 0. The first-order valence-electron chi connectivity index (χ1n) is 6.51. The zero-order valence-corrected chi connectivity index (χ0v) is 11.8. The minimum Gasteiger partial charge on any atom is -0.395 e. The van der Waals surface area contributed by atoms with Gasteiger partial charge in [0.25, 0.3) is 0 Å². The van der Waals surface area contributed by atoms with Crippen LogP contribution in [0.2, 0.25) is 5.02 Å². The first kappa shape index (κ1) is 14.3. The van der Waals surface area contributed by atoms with Gasteiger partial charge in [0, 0.05) is 16.8 Å². The molecule has 104 valence electrons. The number of anilines is 1. The van der Waals surface area contributed by atoms with Crippen molar-refractivity contribution in [1.82, 2.24) is 4.90 Å². The Bertz CT molecular complexity index is 465. The molecule has 1 atom stereocenters. The standard InChI is InChI=1S/C14H19ClN2O2/c1-10-4-5-11(15)7-13(10)16-14(19)8-17-6-2-3-12(17)9-18/h4-5,7,12,18H,2-3,6,8-9H2,1H3,(H,16,19). The number of aryl methyl sites for hydroxylation is 1. The molecule has 2 rings (SSSR count). The molecule has 0 aliphatic carbocycles. The Labute approximate surface area is 118 Å². The van der Waals surface area contributed by atoms with Gasteiger partial charge >= 0.3 is 0 Å². The van der Waals surface area contributed by atoms with Gasteiger partial charge in [-0.2, -0.15) is 0 Å². The number of amides is 1. The highest BCUT2D eigenvalue weighted by Gasteiger charge is 2.25. The maximum absolute atomic E-state index is 12.0. The summed E-state index contributed by atoms with van der Waals surface area (Å²) in [6.45, 7) is 3.23. The van der Waals surface area contributed by atoms with Crippen molar-refractivity contribution in [3.63, 3.8) is 0 Å². The van der Waals surface area contributed by atoms with Crippen molar-refractivity contribution >= 4 is 23.2 Å². The van der Waals surface area contributed by atoms with Crippen LogP contribution in [0.5, 0.6) is 0 Å². The Hall–Kier alpha value is -1.10. The fourth-order valence-electron chi connectivity index (χ4n) is 2.41. The van der Waals surface area contributed by atoms with Crippen molar-refractivity contribution in [3.8, 4) is 0 Å². The quantitative estimate of drug-likeness (QED) is 0.889. The molecule has 0 spiro atoms. The molecule has 1 aromatic carbocycles. The Morgan fingerprint density at radius 2 is 2.37 bits per heavy atom. The number of likely N-dealkylation sites (tertiary alicyclic amines) is 1. The summed E-state index contributed by atoms with van der Waals surface area (Å²) in [5.74, 6) is -0.0642. The minimum absolute atomic E-state index is 0.0642. The van der Waals surface area contributed by atoms with Crippen LogP contribution in [-0.4, -0.2) is 41.7 Å². The third-order valence-corrected chi connectivity index (χ3v) is 3.77. The van der Waals surface area contributed by atoms with Gasteiger partial charge in [-0.25, -0.2) is 0 Å². The predicted octanol–water partition coefficient (Wildman–Crippen LogP) is 2.04. The summed E-state index contributed by atoms with van der Waals surface area (Å²) >= 11 is 5.92. The van der Waals surface area contributed by atoms with E-state index in [0.717, 1.165) is 30.6 Å². The average molecular weight is 283 g/mol. The fourth-order valence-corrected chi connectivity index (χ4v) is 2.59. The lowest BCUT2D eigenvalue weighted by Crippen LogP contribution is -2.38. The van der Waals surface area contributed by atoms with E-state index in [-0.39, 0.29) is 18.6 Å². The Morgan fingerprint density at radius 3 is 3.11 bits per heavy atom. The summed E-state index contributed by atoms with van der Waals surface area (Å²) in [6, 6.07) is 5.55. The van der Waals surface area contributed by atoms with E-state index in [1.165, 1.54) is 0 Å². The van der Waals surface area contributed by atoms with Crippen LogP contribution in [-0.2, 0) is 4.79 Å². The van der Waals surface area contributed by atoms with Gasteiger partial charge < -0.3 is 10.4 Å². The first-order valence-corrected chi connectivity index (χ1v) is 6.89. The molecule has 2 N–H and O–H groups in total. The maximum Gasteiger partial charge on any atom is 0.238 e. The number of benzene rings is 1. The molecule has 1 unspecified atom stereocenters. The monoisotopic (exact) mass is 282 g/mol. The molecule has 1 aromatic rings. The lowest BCUT2D eigenvalue weighted by molar-refractivity contribution is -0.117. The van der Waals surface area contributed by atoms with Crippen molar-refractivity contribution in [2.24, 2.45) is 0 Å². The number of aliphatic hydroxyl groups is 1. The summed E-state index contributed by atoms with van der Waals surface area (Å²) in [4.78, 5) is 14.0. The maximum atomic E-state index is 12.0. The third kappa shape index (κ3) is 3.69. The summed E-state index contributed by atoms with van der Waals surface area (Å²) in [5.41, 5.74) is 1.73. The van der Waals surface area contributed by atoms with Crippen LogP contribution in [0.4, 0.5) is 5.69 Å². The highest BCUT2D eigenvalue weighted by atomic mass is 35.5. The number of carbonyl (C=O) groups excluding carboxylic acids is 1. The molecule has 1 fully saturated rings. The van der Waals surface area contributed by atoms with E-state index in [0.29, 0.717) is 11.6 Å². The van der Waals surface area contributed by atoms with Gasteiger partial charge in [0.05, 0.1) is 13.2 Å². The van der Waals surface area contributed by atoms with E-state index in [1.807, 2.05) is 17.9 Å². The third-order valence-electron chi connectivity index (χ3n) is 3.53. The van der Waals surface area contributed by atoms with Crippen LogP contribution >= 0.6 is 11.6 Å². The van der Waals surface area contributed by atoms with Gasteiger partial charge in [0.15, 0.2) is 0 Å². The Kier molecular flexibility index (Phi) is 4.80. The van der Waals surface area contributed by atoms with Gasteiger partial charge in [0.1, 0.15) is 0 Å². The van der Waals surface area contributed by atoms with Gasteiger partial charge in [-0.15, -0.1) is 0 Å². The molecular weight excluding hydrogens is 264 g/mol. The lowest BCUT2D eigenvalue weighted by Gasteiger charge is -2.22. The second-order valence-corrected chi connectivity index (χ2v) is 5.39. The topological polar surface area (TPSA) is 52.6 Å². The summed E-state index contributed by atoms with van der Waals surface area (Å²) in [5, 5.41) is 12.7. The Morgan fingerprint density at radius 1 is 1.58 bits per heavy atom. The molecule has 4 nitrogen and oxygen atoms in total. The normalized spacial score (nSPS) is 19.6. The molecule has 1 saturated heterocycles. The van der Waals surface area contributed by atoms with Crippen LogP contribution in [0.1, 0.15) is 18.4 Å². The van der Waals surface area contributed by atoms with Gasteiger partial charge in [-0.1, -0.05) is 17.7 Å². The molecule has 1 heterocycles. The zero-order chi connectivity index (χ0) is 13.8. The van der Waals surface area contributed by atoms with Crippen molar-refractivity contribution in [3.05, 3.63) is 28.8 Å². The van der Waals surface area contributed by atoms with Crippen molar-refractivity contribution in [1.29, 1.82) is 0 Å². The van der Waals surface area contributed by atoms with Crippen LogP contribution < -0.4 is 5.32 Å². The van der Waals surface area contributed by atoms with E-state index in [9.17, 15) is 9.90 Å². The molecule has 0 saturated carbocycles. The number of nitrogens with zero attached hydrogens (tertiary/aromatic N) is 1. The van der Waals surface area contributed by atoms with Gasteiger partial charge in [-0.05, 0) is 44.0 Å². The predicted molar refractivity (Wildman–Crippen MR) is 76.5 cm³/mol. The lowest BCUT2D eigenvalue weighted by atomic mass is 10.2. The molecule has 0 radical (unpaired) electrons. The van der Waals surface area contributed by atoms with Crippen molar-refractivity contribution < 1.29 is 9.90 Å². The molecule has 19 heavy (non-hydrogen) atoms. The van der Waals surface area contributed by atoms with Crippen molar-refractivity contribution in [2.45, 2.75) is 25.8 Å². The smallest absolute Gasteiger partial charge is 0.238 e. The molecular formula is C14H19ClN2O2. The minimum atomic E-state index is -0.0642. The SMILES string of the molecule is Cc1ccc(Cl)cc1NC(=O)CN1CCCC1CO. The van der Waals surface area contributed by atoms with E-state index in [4.69, 9.17) is 11.6 Å². The molecule has 5 heteroatoms. The number of nitrogens with one attached hydrogen (secondary N) is 1. The first-order chi connectivity index (χ1) is 9.10. The fraction of sp³-hybridized carbons (Fsp3) is 0.500. The van der Waals surface area contributed by atoms with Crippen LogP contribution in [0, 0.1) is 6.92 Å². The van der Waals surface area contributed by atoms with E-state index < -0.39 is 0 Å². The second-order valence-electron chi connectivity index (χ2n) is 4.96. The number of rotatable bonds is 4. The van der Waals surface area contributed by atoms with Crippen LogP contribution in [0.15, 0.2) is 18.2 Å². The number of hydrogen-bond donors (Lipinski definition) is 2. The number of aliphatic hydroxyl groups excluding tert-OH is 1. The van der Waals surface area contributed by atoms with E-state index >= 15 is 0 Å². The largest absolute Gasteiger partial charge is 0.395 e. The number of hydrogen-bond acceptors (Lipinski definition) is 3. The highest BCUT2D eigenvalue weighted by Crippen LogP contribution is 2.21. The zero-order valence-electron chi connectivity index (χ0n) is 11.0. The van der Waals surface area contributed by atoms with Crippen LogP contribution in [0.25, 0.3) is 0 Å². The molecule has 0 bridgehead atoms. The molecule has 0 aromatic heterocycles. The van der Waals surface area contributed by atoms with Crippen molar-refractivity contribution in [2.75, 3.05) is 25.0 Å². The van der Waals surface area contributed by atoms with Crippen LogP contribution in [0.3, 0.4) is 0 Å². The Balaban J connectivity index is 1.95. The van der Waals surface area contributed by atoms with Gasteiger partial charge in [-0.3, -0.25) is 9.69 Å². The average Bonchev–Trinajstić information content (AvgIpc) is 2.81. The molecule has 1 amide bonds. The number of halogens is 1. The van der Waals surface area contributed by atoms with Gasteiger partial charge in [0.2, 0.25) is 5.91 Å². The molecule has 1 aliphatic rings. The van der Waals surface area contributed by atoms with E-state index in [1.54, 1.807) is 12.1 Å². The highest BCUT2D eigenvalue weighted by molar-refractivity contribution is 6.31. The summed E-state index contributed by atoms with van der Waals surface area (Å²) in [6.07, 6.45) is 1.99. The van der Waals surface area contributed by atoms with E-state index in [2.05, 4.69) is 5.32 Å². The second kappa shape index (κ2) is 6.37.